The third kappa shape index (κ3) is 3.46. The maximum atomic E-state index is 12.0. The Kier molecular flexibility index (Phi) is 4.12. The van der Waals surface area contributed by atoms with Crippen molar-refractivity contribution in [1.29, 1.82) is 0 Å². The molecule has 4 nitrogen and oxygen atoms in total. The third-order valence-electron chi connectivity index (χ3n) is 2.76. The smallest absolute Gasteiger partial charge is 0.230 e. The highest BCUT2D eigenvalue weighted by molar-refractivity contribution is 5.87. The highest BCUT2D eigenvalue weighted by atomic mass is 16.3. The zero-order valence-corrected chi connectivity index (χ0v) is 10.5. The zero-order valence-electron chi connectivity index (χ0n) is 10.5. The Balaban J connectivity index is 2.79. The minimum absolute atomic E-state index is 0.108. The van der Waals surface area contributed by atoms with Gasteiger partial charge in [-0.15, -0.1) is 0 Å². The first-order valence-electron chi connectivity index (χ1n) is 5.66. The van der Waals surface area contributed by atoms with Gasteiger partial charge in [0.25, 0.3) is 0 Å². The van der Waals surface area contributed by atoms with E-state index in [2.05, 4.69) is 5.32 Å². The fourth-order valence-corrected chi connectivity index (χ4v) is 1.49. The van der Waals surface area contributed by atoms with E-state index >= 15 is 0 Å². The van der Waals surface area contributed by atoms with Gasteiger partial charge in [0.15, 0.2) is 0 Å². The predicted octanol–water partition coefficient (Wildman–Crippen LogP) is 1.04. The Bertz CT molecular complexity index is 383. The largest absolute Gasteiger partial charge is 0.399 e. The van der Waals surface area contributed by atoms with Crippen LogP contribution in [0.1, 0.15) is 26.3 Å². The molecule has 0 heterocycles. The molecular weight excluding hydrogens is 216 g/mol. The molecule has 17 heavy (non-hydrogen) atoms. The van der Waals surface area contributed by atoms with Crippen LogP contribution >= 0.6 is 0 Å². The van der Waals surface area contributed by atoms with Crippen molar-refractivity contribution in [3.8, 4) is 0 Å². The van der Waals surface area contributed by atoms with Gasteiger partial charge >= 0.3 is 0 Å². The summed E-state index contributed by atoms with van der Waals surface area (Å²) in [6, 6.07) is 7.24. The molecule has 0 aromatic heterocycles. The van der Waals surface area contributed by atoms with Gasteiger partial charge in [0.2, 0.25) is 5.91 Å². The van der Waals surface area contributed by atoms with Crippen molar-refractivity contribution in [3.05, 3.63) is 29.8 Å². The number of amides is 1. The van der Waals surface area contributed by atoms with E-state index in [4.69, 9.17) is 10.8 Å². The van der Waals surface area contributed by atoms with Crippen LogP contribution in [0.5, 0.6) is 0 Å². The lowest BCUT2D eigenvalue weighted by atomic mass is 9.83. The van der Waals surface area contributed by atoms with E-state index in [9.17, 15) is 4.79 Å². The average molecular weight is 236 g/mol. The van der Waals surface area contributed by atoms with Gasteiger partial charge in [-0.3, -0.25) is 4.79 Å². The molecule has 1 atom stereocenters. The average Bonchev–Trinajstić information content (AvgIpc) is 2.26. The van der Waals surface area contributed by atoms with Crippen LogP contribution in [-0.4, -0.2) is 23.7 Å². The summed E-state index contributed by atoms with van der Waals surface area (Å²) in [6.07, 6.45) is -0.541. The van der Waals surface area contributed by atoms with E-state index in [1.54, 1.807) is 19.1 Å². The summed E-state index contributed by atoms with van der Waals surface area (Å²) in [5, 5.41) is 11.9. The van der Waals surface area contributed by atoms with Crippen LogP contribution in [0.3, 0.4) is 0 Å². The van der Waals surface area contributed by atoms with Crippen molar-refractivity contribution in [2.45, 2.75) is 32.3 Å². The van der Waals surface area contributed by atoms with Crippen molar-refractivity contribution in [3.63, 3.8) is 0 Å². The monoisotopic (exact) mass is 236 g/mol. The number of aliphatic hydroxyl groups is 1. The Hall–Kier alpha value is -1.55. The molecule has 0 fully saturated rings. The number of anilines is 1. The van der Waals surface area contributed by atoms with Crippen molar-refractivity contribution in [2.75, 3.05) is 12.3 Å². The van der Waals surface area contributed by atoms with Crippen molar-refractivity contribution in [1.82, 2.24) is 5.32 Å². The molecule has 1 rings (SSSR count). The van der Waals surface area contributed by atoms with Gasteiger partial charge in [0.1, 0.15) is 0 Å². The topological polar surface area (TPSA) is 75.3 Å². The minimum atomic E-state index is -0.636. The molecular formula is C13H20N2O2. The number of benzene rings is 1. The fraction of sp³-hybridized carbons (Fsp3) is 0.462. The number of nitrogen functional groups attached to an aromatic ring is 1. The number of hydrogen-bond donors (Lipinski definition) is 3. The van der Waals surface area contributed by atoms with Gasteiger partial charge in [-0.05, 0) is 38.5 Å². The molecule has 0 aliphatic rings. The molecule has 0 aliphatic heterocycles. The Labute approximate surface area is 102 Å². The molecule has 94 valence electrons. The second kappa shape index (κ2) is 5.19. The molecule has 1 unspecified atom stereocenters. The molecule has 0 aliphatic carbocycles. The molecule has 0 radical (unpaired) electrons. The zero-order chi connectivity index (χ0) is 13.1. The summed E-state index contributed by atoms with van der Waals surface area (Å²) < 4.78 is 0. The van der Waals surface area contributed by atoms with E-state index in [0.717, 1.165) is 5.56 Å². The quantitative estimate of drug-likeness (QED) is 0.684. The SMILES string of the molecule is CC(O)CNC(=O)C(C)(C)c1ccc(N)cc1. The van der Waals surface area contributed by atoms with Crippen LogP contribution < -0.4 is 11.1 Å². The van der Waals surface area contributed by atoms with Crippen LogP contribution in [0.25, 0.3) is 0 Å². The first-order chi connectivity index (χ1) is 7.84. The highest BCUT2D eigenvalue weighted by Gasteiger charge is 2.29. The van der Waals surface area contributed by atoms with Gasteiger partial charge in [-0.1, -0.05) is 12.1 Å². The van der Waals surface area contributed by atoms with Gasteiger partial charge in [0.05, 0.1) is 11.5 Å². The van der Waals surface area contributed by atoms with Gasteiger partial charge < -0.3 is 16.2 Å². The molecule has 0 saturated heterocycles. The number of carbonyl (C=O) groups is 1. The Morgan fingerprint density at radius 2 is 1.94 bits per heavy atom. The van der Waals surface area contributed by atoms with Crippen LogP contribution in [-0.2, 0) is 10.2 Å². The summed E-state index contributed by atoms with van der Waals surface area (Å²) >= 11 is 0. The molecule has 0 saturated carbocycles. The summed E-state index contributed by atoms with van der Waals surface area (Å²) in [5.74, 6) is -0.108. The number of rotatable bonds is 4. The molecule has 1 amide bonds. The number of nitrogens with two attached hydrogens (primary N) is 1. The van der Waals surface area contributed by atoms with Crippen LogP contribution in [0.2, 0.25) is 0 Å². The first kappa shape index (κ1) is 13.5. The predicted molar refractivity (Wildman–Crippen MR) is 68.6 cm³/mol. The molecule has 0 spiro atoms. The van der Waals surface area contributed by atoms with E-state index in [0.29, 0.717) is 5.69 Å². The summed E-state index contributed by atoms with van der Waals surface area (Å²) in [7, 11) is 0. The summed E-state index contributed by atoms with van der Waals surface area (Å²) in [6.45, 7) is 5.58. The van der Waals surface area contributed by atoms with Crippen LogP contribution in [0.15, 0.2) is 24.3 Å². The molecule has 1 aromatic carbocycles. The van der Waals surface area contributed by atoms with Gasteiger partial charge in [0, 0.05) is 12.2 Å². The second-order valence-corrected chi connectivity index (χ2v) is 4.81. The second-order valence-electron chi connectivity index (χ2n) is 4.81. The molecule has 0 bridgehead atoms. The van der Waals surface area contributed by atoms with E-state index in [-0.39, 0.29) is 12.5 Å². The Morgan fingerprint density at radius 1 is 1.41 bits per heavy atom. The van der Waals surface area contributed by atoms with E-state index in [1.807, 2.05) is 26.0 Å². The molecule has 4 N–H and O–H groups in total. The van der Waals surface area contributed by atoms with Crippen LogP contribution in [0.4, 0.5) is 5.69 Å². The standard InChI is InChI=1S/C13H20N2O2/c1-9(16)8-15-12(17)13(2,3)10-4-6-11(14)7-5-10/h4-7,9,16H,8,14H2,1-3H3,(H,15,17). The van der Waals surface area contributed by atoms with Crippen LogP contribution in [0, 0.1) is 0 Å². The van der Waals surface area contributed by atoms with Crippen molar-refractivity contribution >= 4 is 11.6 Å². The number of hydrogen-bond acceptors (Lipinski definition) is 3. The lowest BCUT2D eigenvalue weighted by Gasteiger charge is -2.24. The summed E-state index contributed by atoms with van der Waals surface area (Å²) in [5.41, 5.74) is 6.55. The number of aliphatic hydroxyl groups excluding tert-OH is 1. The van der Waals surface area contributed by atoms with Crippen molar-refractivity contribution < 1.29 is 9.90 Å². The molecule has 1 aromatic rings. The lowest BCUT2D eigenvalue weighted by molar-refractivity contribution is -0.126. The molecule has 4 heteroatoms. The maximum absolute atomic E-state index is 12.0. The number of carbonyl (C=O) groups excluding carboxylic acids is 1. The number of nitrogens with one attached hydrogen (secondary N) is 1. The fourth-order valence-electron chi connectivity index (χ4n) is 1.49. The van der Waals surface area contributed by atoms with E-state index < -0.39 is 11.5 Å². The van der Waals surface area contributed by atoms with E-state index in [1.165, 1.54) is 0 Å². The third-order valence-corrected chi connectivity index (χ3v) is 2.76. The minimum Gasteiger partial charge on any atom is -0.399 e. The van der Waals surface area contributed by atoms with Gasteiger partial charge in [-0.2, -0.15) is 0 Å². The van der Waals surface area contributed by atoms with Crippen molar-refractivity contribution in [2.24, 2.45) is 0 Å². The summed E-state index contributed by atoms with van der Waals surface area (Å²) in [4.78, 5) is 12.0. The first-order valence-corrected chi connectivity index (χ1v) is 5.66. The van der Waals surface area contributed by atoms with Gasteiger partial charge in [-0.25, -0.2) is 0 Å². The lowest BCUT2D eigenvalue weighted by Crippen LogP contribution is -2.42. The maximum Gasteiger partial charge on any atom is 0.230 e. The Morgan fingerprint density at radius 3 is 2.41 bits per heavy atom. The highest BCUT2D eigenvalue weighted by Crippen LogP contribution is 2.24. The normalized spacial score (nSPS) is 13.2.